The number of rotatable bonds is 2. The van der Waals surface area contributed by atoms with Gasteiger partial charge in [0.05, 0.1) is 18.2 Å². The molecular weight excluding hydrogens is 322 g/mol. The van der Waals surface area contributed by atoms with E-state index in [0.29, 0.717) is 5.76 Å². The number of hydrogen-bond donors (Lipinski definition) is 1. The maximum atomic E-state index is 12.1. The van der Waals surface area contributed by atoms with Crippen LogP contribution in [0.5, 0.6) is 0 Å². The quantitative estimate of drug-likeness (QED) is 0.786. The van der Waals surface area contributed by atoms with Crippen molar-refractivity contribution in [3.63, 3.8) is 0 Å². The SMILES string of the molecule is O=C(Nc1csc2ccccc12)OC1=CC=CC=CC=COC=C1. The lowest BCUT2D eigenvalue weighted by molar-refractivity contribution is 0.194. The summed E-state index contributed by atoms with van der Waals surface area (Å²) in [6, 6.07) is 7.87. The minimum Gasteiger partial charge on any atom is -0.472 e. The molecule has 24 heavy (non-hydrogen) atoms. The molecule has 1 aromatic heterocycles. The van der Waals surface area contributed by atoms with Crippen LogP contribution < -0.4 is 5.32 Å². The number of ether oxygens (including phenoxy) is 2. The van der Waals surface area contributed by atoms with E-state index in [-0.39, 0.29) is 0 Å². The van der Waals surface area contributed by atoms with Crippen LogP contribution in [0.4, 0.5) is 10.5 Å². The number of hydrogen-bond acceptors (Lipinski definition) is 4. The summed E-state index contributed by atoms with van der Waals surface area (Å²) in [4.78, 5) is 12.1. The molecule has 1 aliphatic rings. The van der Waals surface area contributed by atoms with Gasteiger partial charge >= 0.3 is 6.09 Å². The standard InChI is InChI=1S/C19H15NO3S/c21-19(20-17-14-24-18-10-6-5-9-16(17)18)23-15-8-4-2-1-3-7-12-22-13-11-15/h1-14H,(H,20,21). The van der Waals surface area contributed by atoms with Gasteiger partial charge in [-0.05, 0) is 18.2 Å². The van der Waals surface area contributed by atoms with E-state index in [1.54, 1.807) is 35.6 Å². The number of amides is 1. The summed E-state index contributed by atoms with van der Waals surface area (Å²) in [5.74, 6) is 0.368. The smallest absolute Gasteiger partial charge is 0.417 e. The number of anilines is 1. The zero-order valence-corrected chi connectivity index (χ0v) is 13.5. The third-order valence-corrected chi connectivity index (χ3v) is 4.06. The first-order valence-corrected chi connectivity index (χ1v) is 8.18. The van der Waals surface area contributed by atoms with Crippen LogP contribution in [-0.2, 0) is 9.47 Å². The molecule has 5 heteroatoms. The molecule has 0 fully saturated rings. The Morgan fingerprint density at radius 3 is 2.83 bits per heavy atom. The minimum atomic E-state index is -0.552. The van der Waals surface area contributed by atoms with E-state index >= 15 is 0 Å². The van der Waals surface area contributed by atoms with E-state index in [1.165, 1.54) is 12.5 Å². The lowest BCUT2D eigenvalue weighted by atomic mass is 10.2. The third kappa shape index (κ3) is 4.24. The summed E-state index contributed by atoms with van der Waals surface area (Å²) < 4.78 is 11.6. The highest BCUT2D eigenvalue weighted by Crippen LogP contribution is 2.29. The first kappa shape index (κ1) is 15.8. The molecule has 1 aromatic carbocycles. The average molecular weight is 337 g/mol. The van der Waals surface area contributed by atoms with Gasteiger partial charge in [0.25, 0.3) is 0 Å². The number of carbonyl (C=O) groups excluding carboxylic acids is 1. The Kier molecular flexibility index (Phi) is 5.27. The fraction of sp³-hybridized carbons (Fsp3) is 0. The van der Waals surface area contributed by atoms with Crippen LogP contribution in [0, 0.1) is 0 Å². The Morgan fingerprint density at radius 1 is 1.04 bits per heavy atom. The van der Waals surface area contributed by atoms with Gasteiger partial charge in [0.15, 0.2) is 0 Å². The van der Waals surface area contributed by atoms with Gasteiger partial charge < -0.3 is 9.47 Å². The lowest BCUT2D eigenvalue weighted by Crippen LogP contribution is -2.12. The normalized spacial score (nSPS) is 13.9. The Morgan fingerprint density at radius 2 is 1.88 bits per heavy atom. The number of fused-ring (bicyclic) bond motifs is 1. The van der Waals surface area contributed by atoms with Crippen LogP contribution in [0.25, 0.3) is 10.1 Å². The predicted octanol–water partition coefficient (Wildman–Crippen LogP) is 5.50. The molecule has 0 radical (unpaired) electrons. The fourth-order valence-corrected chi connectivity index (χ4v) is 2.92. The van der Waals surface area contributed by atoms with E-state index in [9.17, 15) is 4.79 Å². The predicted molar refractivity (Wildman–Crippen MR) is 97.7 cm³/mol. The van der Waals surface area contributed by atoms with Crippen LogP contribution in [0.1, 0.15) is 0 Å². The zero-order valence-electron chi connectivity index (χ0n) is 12.7. The fourth-order valence-electron chi connectivity index (χ4n) is 2.03. The highest BCUT2D eigenvalue weighted by Gasteiger charge is 2.09. The van der Waals surface area contributed by atoms with E-state index < -0.39 is 6.09 Å². The van der Waals surface area contributed by atoms with Gasteiger partial charge in [-0.25, -0.2) is 4.79 Å². The summed E-state index contributed by atoms with van der Waals surface area (Å²) >= 11 is 1.57. The number of nitrogens with one attached hydrogen (secondary N) is 1. The molecule has 0 bridgehead atoms. The topological polar surface area (TPSA) is 47.6 Å². The first-order chi connectivity index (χ1) is 11.8. The van der Waals surface area contributed by atoms with E-state index in [2.05, 4.69) is 5.32 Å². The van der Waals surface area contributed by atoms with Gasteiger partial charge in [-0.15, -0.1) is 11.3 Å². The number of allylic oxidation sites excluding steroid dienone is 7. The molecule has 4 nitrogen and oxygen atoms in total. The monoisotopic (exact) mass is 337 g/mol. The van der Waals surface area contributed by atoms with Gasteiger partial charge in [0, 0.05) is 21.5 Å². The first-order valence-electron chi connectivity index (χ1n) is 7.30. The third-order valence-electron chi connectivity index (χ3n) is 3.10. The second-order valence-electron chi connectivity index (χ2n) is 4.77. The summed E-state index contributed by atoms with van der Waals surface area (Å²) in [7, 11) is 0. The maximum Gasteiger partial charge on any atom is 0.417 e. The summed E-state index contributed by atoms with van der Waals surface area (Å²) in [6.45, 7) is 0. The molecule has 0 aliphatic carbocycles. The van der Waals surface area contributed by atoms with Crippen molar-refractivity contribution in [2.45, 2.75) is 0 Å². The van der Waals surface area contributed by atoms with Gasteiger partial charge in [0.1, 0.15) is 5.76 Å². The molecule has 120 valence electrons. The average Bonchev–Trinajstić information content (AvgIpc) is 2.96. The zero-order chi connectivity index (χ0) is 16.6. The van der Waals surface area contributed by atoms with Crippen LogP contribution in [0.2, 0.25) is 0 Å². The summed E-state index contributed by atoms with van der Waals surface area (Å²) in [5.41, 5.74) is 0.736. The van der Waals surface area contributed by atoms with Crippen molar-refractivity contribution in [2.75, 3.05) is 5.32 Å². The second kappa shape index (κ2) is 7.99. The van der Waals surface area contributed by atoms with Gasteiger partial charge in [-0.2, -0.15) is 0 Å². The summed E-state index contributed by atoms with van der Waals surface area (Å²) in [5, 5.41) is 5.66. The van der Waals surface area contributed by atoms with Crippen LogP contribution >= 0.6 is 11.3 Å². The Hall–Kier alpha value is -3.05. The van der Waals surface area contributed by atoms with Crippen molar-refractivity contribution in [1.82, 2.24) is 0 Å². The number of benzene rings is 1. The molecule has 2 heterocycles. The Bertz CT molecular complexity index is 872. The molecule has 0 atom stereocenters. The number of thiophene rings is 1. The molecule has 0 spiro atoms. The summed E-state index contributed by atoms with van der Waals surface area (Å²) in [6.07, 6.45) is 14.7. The van der Waals surface area contributed by atoms with Crippen LogP contribution in [0.15, 0.2) is 90.5 Å². The molecule has 1 aliphatic heterocycles. The molecule has 0 saturated heterocycles. The maximum absolute atomic E-state index is 12.1. The molecule has 0 unspecified atom stereocenters. The number of carbonyl (C=O) groups is 1. The van der Waals surface area contributed by atoms with Gasteiger partial charge in [-0.1, -0.05) is 42.5 Å². The molecular formula is C19H15NO3S. The van der Waals surface area contributed by atoms with Crippen LogP contribution in [-0.4, -0.2) is 6.09 Å². The van der Waals surface area contributed by atoms with Crippen molar-refractivity contribution >= 4 is 33.2 Å². The van der Waals surface area contributed by atoms with Gasteiger partial charge in [0.2, 0.25) is 0 Å². The second-order valence-corrected chi connectivity index (χ2v) is 5.68. The lowest BCUT2D eigenvalue weighted by Gasteiger charge is -2.06. The van der Waals surface area contributed by atoms with E-state index in [1.807, 2.05) is 47.9 Å². The molecule has 2 aromatic rings. The molecule has 1 amide bonds. The molecule has 1 N–H and O–H groups in total. The van der Waals surface area contributed by atoms with E-state index in [4.69, 9.17) is 9.47 Å². The Labute approximate surface area is 143 Å². The van der Waals surface area contributed by atoms with Crippen molar-refractivity contribution in [3.8, 4) is 0 Å². The largest absolute Gasteiger partial charge is 0.472 e. The highest BCUT2D eigenvalue weighted by atomic mass is 32.1. The Balaban J connectivity index is 1.71. The van der Waals surface area contributed by atoms with Crippen LogP contribution in [0.3, 0.4) is 0 Å². The minimum absolute atomic E-state index is 0.368. The van der Waals surface area contributed by atoms with Crippen molar-refractivity contribution < 1.29 is 14.3 Å². The molecule has 0 saturated carbocycles. The van der Waals surface area contributed by atoms with Crippen molar-refractivity contribution in [3.05, 3.63) is 90.5 Å². The molecule has 3 rings (SSSR count). The van der Waals surface area contributed by atoms with Crippen molar-refractivity contribution in [2.24, 2.45) is 0 Å². The highest BCUT2D eigenvalue weighted by molar-refractivity contribution is 7.17. The van der Waals surface area contributed by atoms with E-state index in [0.717, 1.165) is 15.8 Å². The van der Waals surface area contributed by atoms with Gasteiger partial charge in [-0.3, -0.25) is 5.32 Å². The van der Waals surface area contributed by atoms with Crippen molar-refractivity contribution in [1.29, 1.82) is 0 Å².